The second-order valence-corrected chi connectivity index (χ2v) is 7.12. The van der Waals surface area contributed by atoms with Crippen LogP contribution in [0.2, 0.25) is 0 Å². The second kappa shape index (κ2) is 9.23. The molecule has 3 aromatic rings. The number of anilines is 3. The highest BCUT2D eigenvalue weighted by molar-refractivity contribution is 7.14. The van der Waals surface area contributed by atoms with Crippen LogP contribution in [-0.4, -0.2) is 22.6 Å². The van der Waals surface area contributed by atoms with Crippen LogP contribution in [0.1, 0.15) is 29.9 Å². The molecule has 0 spiro atoms. The molecule has 30 heavy (non-hydrogen) atoms. The third kappa shape index (κ3) is 4.84. The third-order valence-electron chi connectivity index (χ3n) is 4.08. The van der Waals surface area contributed by atoms with E-state index in [9.17, 15) is 18.8 Å². The highest BCUT2D eigenvalue weighted by Gasteiger charge is 2.20. The zero-order valence-electron chi connectivity index (χ0n) is 16.3. The van der Waals surface area contributed by atoms with E-state index in [0.717, 1.165) is 11.3 Å². The average molecular weight is 423 g/mol. The first-order valence-electron chi connectivity index (χ1n) is 8.96. The first kappa shape index (κ1) is 21.1. The Morgan fingerprint density at radius 1 is 1.07 bits per heavy atom. The van der Waals surface area contributed by atoms with Crippen LogP contribution < -0.4 is 10.2 Å². The van der Waals surface area contributed by atoms with Gasteiger partial charge in [0.1, 0.15) is 5.82 Å². The van der Waals surface area contributed by atoms with Crippen molar-refractivity contribution in [3.8, 4) is 0 Å². The SMILES string of the molecule is CC(=O)c1ccccc1NC(=O)/C=C/c1csc(N(C(C)=O)c2ccccc2F)n1. The monoisotopic (exact) mass is 423 g/mol. The number of halogens is 1. The molecule has 0 radical (unpaired) electrons. The van der Waals surface area contributed by atoms with E-state index in [4.69, 9.17) is 0 Å². The number of nitrogens with one attached hydrogen (secondary N) is 1. The molecule has 0 atom stereocenters. The molecule has 0 bridgehead atoms. The molecular formula is C22H18FN3O3S. The molecule has 152 valence electrons. The molecule has 6 nitrogen and oxygen atoms in total. The third-order valence-corrected chi connectivity index (χ3v) is 4.92. The highest BCUT2D eigenvalue weighted by Crippen LogP contribution is 2.31. The largest absolute Gasteiger partial charge is 0.322 e. The molecule has 2 aromatic carbocycles. The zero-order chi connectivity index (χ0) is 21.7. The number of amides is 2. The Hall–Kier alpha value is -3.65. The number of aromatic nitrogens is 1. The van der Waals surface area contributed by atoms with Crippen molar-refractivity contribution in [1.82, 2.24) is 4.98 Å². The van der Waals surface area contributed by atoms with E-state index in [1.807, 2.05) is 0 Å². The van der Waals surface area contributed by atoms with Crippen LogP contribution in [0.3, 0.4) is 0 Å². The number of carbonyl (C=O) groups is 3. The number of nitrogens with zero attached hydrogens (tertiary/aromatic N) is 2. The van der Waals surface area contributed by atoms with Crippen molar-refractivity contribution in [2.24, 2.45) is 0 Å². The number of hydrogen-bond donors (Lipinski definition) is 1. The summed E-state index contributed by atoms with van der Waals surface area (Å²) in [6.07, 6.45) is 2.75. The number of ketones is 1. The van der Waals surface area contributed by atoms with Gasteiger partial charge in [0.2, 0.25) is 11.8 Å². The lowest BCUT2D eigenvalue weighted by atomic mass is 10.1. The predicted octanol–water partition coefficient (Wildman–Crippen LogP) is 4.82. The minimum absolute atomic E-state index is 0.105. The fourth-order valence-electron chi connectivity index (χ4n) is 2.73. The Morgan fingerprint density at radius 2 is 1.77 bits per heavy atom. The van der Waals surface area contributed by atoms with Gasteiger partial charge in [-0.15, -0.1) is 11.3 Å². The first-order valence-corrected chi connectivity index (χ1v) is 9.84. The van der Waals surface area contributed by atoms with Gasteiger partial charge >= 0.3 is 0 Å². The van der Waals surface area contributed by atoms with Gasteiger partial charge in [0.05, 0.1) is 17.1 Å². The molecule has 1 N–H and O–H groups in total. The Morgan fingerprint density at radius 3 is 2.47 bits per heavy atom. The Balaban J connectivity index is 1.77. The van der Waals surface area contributed by atoms with Gasteiger partial charge in [-0.1, -0.05) is 24.3 Å². The lowest BCUT2D eigenvalue weighted by Gasteiger charge is -2.18. The molecule has 0 saturated carbocycles. The molecule has 0 fully saturated rings. The molecule has 0 aliphatic heterocycles. The number of para-hydroxylation sites is 2. The minimum atomic E-state index is -0.538. The van der Waals surface area contributed by atoms with Crippen molar-refractivity contribution in [2.45, 2.75) is 13.8 Å². The van der Waals surface area contributed by atoms with Gasteiger partial charge in [0.15, 0.2) is 10.9 Å². The maximum Gasteiger partial charge on any atom is 0.248 e. The topological polar surface area (TPSA) is 79.4 Å². The number of benzene rings is 2. The predicted molar refractivity (Wildman–Crippen MR) is 115 cm³/mol. The van der Waals surface area contributed by atoms with E-state index in [0.29, 0.717) is 16.9 Å². The lowest BCUT2D eigenvalue weighted by Crippen LogP contribution is -2.23. The standard InChI is InChI=1S/C22H18FN3O3S/c1-14(27)17-7-3-5-9-19(17)25-21(29)12-11-16-13-30-22(24-16)26(15(2)28)20-10-6-4-8-18(20)23/h3-13H,1-2H3,(H,25,29)/b12-11+. The minimum Gasteiger partial charge on any atom is -0.322 e. The summed E-state index contributed by atoms with van der Waals surface area (Å²) in [6, 6.07) is 12.6. The number of carbonyl (C=O) groups excluding carboxylic acids is 3. The molecule has 3 rings (SSSR count). The Labute approximate surface area is 176 Å². The van der Waals surface area contributed by atoms with Crippen LogP contribution in [0.15, 0.2) is 60.0 Å². The fourth-order valence-corrected chi connectivity index (χ4v) is 3.58. The van der Waals surface area contributed by atoms with Crippen LogP contribution in [0.4, 0.5) is 20.9 Å². The van der Waals surface area contributed by atoms with Crippen LogP contribution >= 0.6 is 11.3 Å². The van der Waals surface area contributed by atoms with Gasteiger partial charge < -0.3 is 5.32 Å². The lowest BCUT2D eigenvalue weighted by molar-refractivity contribution is -0.116. The summed E-state index contributed by atoms with van der Waals surface area (Å²) in [5, 5.41) is 4.60. The first-order chi connectivity index (χ1) is 14.4. The summed E-state index contributed by atoms with van der Waals surface area (Å²) in [7, 11) is 0. The van der Waals surface area contributed by atoms with E-state index in [-0.39, 0.29) is 22.5 Å². The van der Waals surface area contributed by atoms with Crippen molar-refractivity contribution < 1.29 is 18.8 Å². The van der Waals surface area contributed by atoms with Crippen LogP contribution in [0.5, 0.6) is 0 Å². The van der Waals surface area contributed by atoms with Crippen molar-refractivity contribution in [3.05, 3.63) is 77.1 Å². The van der Waals surface area contributed by atoms with Crippen molar-refractivity contribution in [2.75, 3.05) is 10.2 Å². The van der Waals surface area contributed by atoms with Crippen LogP contribution in [0, 0.1) is 5.82 Å². The normalized spacial score (nSPS) is 10.8. The fraction of sp³-hybridized carbons (Fsp3) is 0.0909. The summed E-state index contributed by atoms with van der Waals surface area (Å²) in [4.78, 5) is 41.5. The zero-order valence-corrected chi connectivity index (χ0v) is 17.1. The summed E-state index contributed by atoms with van der Waals surface area (Å²) in [6.45, 7) is 2.75. The molecule has 0 saturated heterocycles. The van der Waals surface area contributed by atoms with Crippen LogP contribution in [-0.2, 0) is 9.59 Å². The van der Waals surface area contributed by atoms with Gasteiger partial charge in [0.25, 0.3) is 0 Å². The van der Waals surface area contributed by atoms with Gasteiger partial charge in [-0.25, -0.2) is 9.37 Å². The van der Waals surface area contributed by atoms with E-state index in [1.165, 1.54) is 49.1 Å². The van der Waals surface area contributed by atoms with Gasteiger partial charge in [-0.2, -0.15) is 0 Å². The van der Waals surface area contributed by atoms with Crippen molar-refractivity contribution in [3.63, 3.8) is 0 Å². The van der Waals surface area contributed by atoms with E-state index in [1.54, 1.807) is 35.7 Å². The Bertz CT molecular complexity index is 1140. The Kier molecular flexibility index (Phi) is 6.48. The summed E-state index contributed by atoms with van der Waals surface area (Å²) in [5.74, 6) is -1.51. The molecule has 0 unspecified atom stereocenters. The molecule has 1 aromatic heterocycles. The van der Waals surface area contributed by atoms with Crippen LogP contribution in [0.25, 0.3) is 6.08 Å². The molecule has 1 heterocycles. The molecule has 8 heteroatoms. The summed E-state index contributed by atoms with van der Waals surface area (Å²) < 4.78 is 14.1. The summed E-state index contributed by atoms with van der Waals surface area (Å²) >= 11 is 1.15. The van der Waals surface area contributed by atoms with E-state index in [2.05, 4.69) is 10.3 Å². The van der Waals surface area contributed by atoms with E-state index >= 15 is 0 Å². The molecule has 0 aliphatic rings. The number of rotatable bonds is 6. The average Bonchev–Trinajstić information content (AvgIpc) is 3.16. The van der Waals surface area contributed by atoms with Gasteiger partial charge in [-0.3, -0.25) is 19.3 Å². The van der Waals surface area contributed by atoms with Gasteiger partial charge in [-0.05, 0) is 37.3 Å². The maximum atomic E-state index is 14.1. The molecular weight excluding hydrogens is 405 g/mol. The number of thiazole rings is 1. The van der Waals surface area contributed by atoms with Gasteiger partial charge in [0, 0.05) is 23.9 Å². The smallest absolute Gasteiger partial charge is 0.248 e. The summed E-state index contributed by atoms with van der Waals surface area (Å²) in [5.41, 5.74) is 1.37. The second-order valence-electron chi connectivity index (χ2n) is 6.29. The van der Waals surface area contributed by atoms with Crippen molar-refractivity contribution >= 4 is 51.5 Å². The highest BCUT2D eigenvalue weighted by atomic mass is 32.1. The maximum absolute atomic E-state index is 14.1. The van der Waals surface area contributed by atoms with E-state index < -0.39 is 11.7 Å². The quantitative estimate of drug-likeness (QED) is 0.455. The number of hydrogen-bond acceptors (Lipinski definition) is 5. The van der Waals surface area contributed by atoms with Crippen molar-refractivity contribution in [1.29, 1.82) is 0 Å². The molecule has 0 aliphatic carbocycles. The number of Topliss-reactive ketones (excluding diaryl/α,β-unsaturated/α-hetero) is 1. The molecule has 2 amide bonds.